The highest BCUT2D eigenvalue weighted by atomic mass is 16.4. The van der Waals surface area contributed by atoms with Crippen LogP contribution in [0.1, 0.15) is 31.4 Å². The maximum Gasteiger partial charge on any atom is 0.264 e. The van der Waals surface area contributed by atoms with E-state index in [1.807, 2.05) is 6.92 Å². The van der Waals surface area contributed by atoms with Crippen LogP contribution in [-0.2, 0) is 0 Å². The standard InChI is InChI=1S/C16H24N4O2/c1-12-10-18-11-15(19-12)20(16(21)22)8-4-14(5-9-20)13-2-6-17-7-3-13/h10-11,13-14,17H,2-9H2,1H3. The zero-order valence-electron chi connectivity index (χ0n) is 13.1. The second kappa shape index (κ2) is 6.30. The maximum atomic E-state index is 11.9. The molecule has 6 heteroatoms. The predicted molar refractivity (Wildman–Crippen MR) is 82.0 cm³/mol. The minimum atomic E-state index is -1.05. The molecule has 0 aromatic carbocycles. The summed E-state index contributed by atoms with van der Waals surface area (Å²) >= 11 is 0. The Bertz CT molecular complexity index is 535. The van der Waals surface area contributed by atoms with E-state index in [2.05, 4.69) is 15.3 Å². The van der Waals surface area contributed by atoms with E-state index < -0.39 is 6.09 Å². The average Bonchev–Trinajstić information content (AvgIpc) is 2.55. The molecule has 3 heterocycles. The first-order valence-electron chi connectivity index (χ1n) is 8.20. The number of piperidine rings is 2. The van der Waals surface area contributed by atoms with Gasteiger partial charge in [-0.15, -0.1) is 0 Å². The molecular formula is C16H24N4O2. The van der Waals surface area contributed by atoms with E-state index in [1.54, 1.807) is 12.4 Å². The Morgan fingerprint density at radius 1 is 1.18 bits per heavy atom. The van der Waals surface area contributed by atoms with Crippen molar-refractivity contribution in [2.75, 3.05) is 26.2 Å². The van der Waals surface area contributed by atoms with Crippen LogP contribution >= 0.6 is 0 Å². The van der Waals surface area contributed by atoms with Crippen molar-refractivity contribution < 1.29 is 9.90 Å². The van der Waals surface area contributed by atoms with Crippen molar-refractivity contribution in [3.05, 3.63) is 18.1 Å². The van der Waals surface area contributed by atoms with E-state index in [-0.39, 0.29) is 4.48 Å². The fourth-order valence-electron chi connectivity index (χ4n) is 3.98. The highest BCUT2D eigenvalue weighted by Gasteiger charge is 2.41. The lowest BCUT2D eigenvalue weighted by Gasteiger charge is -2.43. The van der Waals surface area contributed by atoms with E-state index in [4.69, 9.17) is 0 Å². The molecule has 1 N–H and O–H groups in total. The van der Waals surface area contributed by atoms with E-state index in [1.165, 1.54) is 12.8 Å². The first-order chi connectivity index (χ1) is 10.6. The average molecular weight is 304 g/mol. The van der Waals surface area contributed by atoms with Gasteiger partial charge in [-0.3, -0.25) is 4.98 Å². The number of quaternary nitrogens is 1. The largest absolute Gasteiger partial charge is 0.498 e. The summed E-state index contributed by atoms with van der Waals surface area (Å²) in [6.45, 7) is 5.14. The van der Waals surface area contributed by atoms with Crippen LogP contribution in [0.3, 0.4) is 0 Å². The smallest absolute Gasteiger partial charge is 0.264 e. The number of rotatable bonds is 2. The van der Waals surface area contributed by atoms with Crippen LogP contribution in [0.5, 0.6) is 0 Å². The molecule has 3 rings (SSSR count). The molecule has 0 spiro atoms. The number of amides is 1. The number of hydrogen-bond donors (Lipinski definition) is 1. The van der Waals surface area contributed by atoms with Gasteiger partial charge in [0.1, 0.15) is 6.20 Å². The van der Waals surface area contributed by atoms with Crippen LogP contribution in [0.15, 0.2) is 12.4 Å². The van der Waals surface area contributed by atoms with Crippen LogP contribution < -0.4 is 14.9 Å². The fraction of sp³-hybridized carbons (Fsp3) is 0.688. The molecule has 2 saturated heterocycles. The van der Waals surface area contributed by atoms with Crippen molar-refractivity contribution in [3.8, 4) is 0 Å². The minimum Gasteiger partial charge on any atom is -0.498 e. The molecule has 1 aromatic heterocycles. The van der Waals surface area contributed by atoms with Crippen molar-refractivity contribution in [2.45, 2.75) is 32.6 Å². The molecule has 0 bridgehead atoms. The Hall–Kier alpha value is -1.53. The number of carbonyl (C=O) groups is 1. The predicted octanol–water partition coefficient (Wildman–Crippen LogP) is 0.845. The van der Waals surface area contributed by atoms with Gasteiger partial charge in [-0.1, -0.05) is 0 Å². The van der Waals surface area contributed by atoms with Crippen LogP contribution in [0, 0.1) is 18.8 Å². The molecule has 1 amide bonds. The highest BCUT2D eigenvalue weighted by molar-refractivity contribution is 5.77. The van der Waals surface area contributed by atoms with Gasteiger partial charge in [-0.25, -0.2) is 4.48 Å². The summed E-state index contributed by atoms with van der Waals surface area (Å²) < 4.78 is -0.170. The van der Waals surface area contributed by atoms with Gasteiger partial charge in [0.15, 0.2) is 0 Å². The molecule has 0 unspecified atom stereocenters. The Labute approximate surface area is 131 Å². The van der Waals surface area contributed by atoms with Crippen molar-refractivity contribution in [3.63, 3.8) is 0 Å². The summed E-state index contributed by atoms with van der Waals surface area (Å²) in [5.74, 6) is 1.88. The number of carbonyl (C=O) groups excluding carboxylic acids is 1. The topological polar surface area (TPSA) is 77.9 Å². The Balaban J connectivity index is 1.76. The summed E-state index contributed by atoms with van der Waals surface area (Å²) in [6, 6.07) is 0. The summed E-state index contributed by atoms with van der Waals surface area (Å²) in [5, 5.41) is 15.2. The van der Waals surface area contributed by atoms with Gasteiger partial charge in [0.05, 0.1) is 18.8 Å². The van der Waals surface area contributed by atoms with E-state index in [9.17, 15) is 9.90 Å². The van der Waals surface area contributed by atoms with Crippen LogP contribution in [0.2, 0.25) is 0 Å². The molecule has 2 aliphatic rings. The van der Waals surface area contributed by atoms with E-state index >= 15 is 0 Å². The third-order valence-electron chi connectivity index (χ3n) is 5.34. The third-order valence-corrected chi connectivity index (χ3v) is 5.34. The summed E-state index contributed by atoms with van der Waals surface area (Å²) in [6.07, 6.45) is 6.44. The van der Waals surface area contributed by atoms with Crippen molar-refractivity contribution >= 4 is 11.9 Å². The zero-order chi connectivity index (χ0) is 15.6. The Morgan fingerprint density at radius 2 is 1.82 bits per heavy atom. The number of nitrogens with one attached hydrogen (secondary N) is 1. The number of carboxylic acid groups (broad SMARTS) is 1. The number of likely N-dealkylation sites (tertiary alicyclic amines) is 1. The van der Waals surface area contributed by atoms with Gasteiger partial charge in [0.2, 0.25) is 0 Å². The number of aromatic nitrogens is 2. The Kier molecular flexibility index (Phi) is 4.40. The molecular weight excluding hydrogens is 280 g/mol. The maximum absolute atomic E-state index is 11.9. The lowest BCUT2D eigenvalue weighted by Crippen LogP contribution is -2.64. The molecule has 0 atom stereocenters. The third kappa shape index (κ3) is 2.85. The van der Waals surface area contributed by atoms with Crippen LogP contribution in [-0.4, -0.2) is 42.2 Å². The van der Waals surface area contributed by atoms with Gasteiger partial charge in [0, 0.05) is 19.0 Å². The normalized spacial score (nSPS) is 30.1. The highest BCUT2D eigenvalue weighted by Crippen LogP contribution is 2.35. The fourth-order valence-corrected chi connectivity index (χ4v) is 3.98. The van der Waals surface area contributed by atoms with Crippen molar-refractivity contribution in [1.29, 1.82) is 0 Å². The molecule has 22 heavy (non-hydrogen) atoms. The molecule has 2 aliphatic heterocycles. The van der Waals surface area contributed by atoms with Gasteiger partial charge in [0.25, 0.3) is 11.9 Å². The van der Waals surface area contributed by atoms with Crippen LogP contribution in [0.4, 0.5) is 10.6 Å². The second-order valence-corrected chi connectivity index (χ2v) is 6.62. The molecule has 2 fully saturated rings. The number of nitrogens with zero attached hydrogens (tertiary/aromatic N) is 3. The zero-order valence-corrected chi connectivity index (χ0v) is 13.1. The van der Waals surface area contributed by atoms with Crippen molar-refractivity contribution in [2.24, 2.45) is 11.8 Å². The molecule has 0 radical (unpaired) electrons. The van der Waals surface area contributed by atoms with Gasteiger partial charge >= 0.3 is 0 Å². The SMILES string of the molecule is Cc1cncc([N+]2(C(=O)[O-])CCC(C3CCNCC3)CC2)n1. The van der Waals surface area contributed by atoms with Crippen molar-refractivity contribution in [1.82, 2.24) is 19.8 Å². The molecule has 1 aromatic rings. The molecule has 0 aliphatic carbocycles. The van der Waals surface area contributed by atoms with E-state index in [0.717, 1.165) is 37.5 Å². The molecule has 0 saturated carbocycles. The van der Waals surface area contributed by atoms with Gasteiger partial charge < -0.3 is 15.2 Å². The van der Waals surface area contributed by atoms with Crippen LogP contribution in [0.25, 0.3) is 0 Å². The number of hydrogen-bond acceptors (Lipinski definition) is 5. The monoisotopic (exact) mass is 304 g/mol. The first kappa shape index (κ1) is 15.4. The summed E-state index contributed by atoms with van der Waals surface area (Å²) in [4.78, 5) is 20.4. The van der Waals surface area contributed by atoms with E-state index in [0.29, 0.717) is 24.8 Å². The summed E-state index contributed by atoms with van der Waals surface area (Å²) in [5.41, 5.74) is 0.747. The minimum absolute atomic E-state index is 0.170. The quantitative estimate of drug-likeness (QED) is 0.819. The second-order valence-electron chi connectivity index (χ2n) is 6.62. The number of aryl methyl sites for hydroxylation is 1. The molecule has 120 valence electrons. The summed E-state index contributed by atoms with van der Waals surface area (Å²) in [7, 11) is 0. The van der Waals surface area contributed by atoms with Gasteiger partial charge in [-0.2, -0.15) is 4.98 Å². The lowest BCUT2D eigenvalue weighted by atomic mass is 9.78. The molecule has 6 nitrogen and oxygen atoms in total. The lowest BCUT2D eigenvalue weighted by molar-refractivity contribution is -0.265. The van der Waals surface area contributed by atoms with Gasteiger partial charge in [-0.05, 0) is 44.7 Å². The Morgan fingerprint density at radius 3 is 2.41 bits per heavy atom. The first-order valence-corrected chi connectivity index (χ1v) is 8.20.